The smallest absolute Gasteiger partial charge is 0.239 e. The molecule has 1 fully saturated rings. The highest BCUT2D eigenvalue weighted by Gasteiger charge is 2.28. The van der Waals surface area contributed by atoms with E-state index in [2.05, 4.69) is 9.97 Å². The molecule has 1 aromatic rings. The molecule has 2 rings (SSSR count). The van der Waals surface area contributed by atoms with Crippen LogP contribution in [0.25, 0.3) is 0 Å². The largest absolute Gasteiger partial charge is 0.374 e. The Labute approximate surface area is 81.8 Å². The molecular formula is C9H14N3O2+. The van der Waals surface area contributed by atoms with E-state index in [0.29, 0.717) is 19.4 Å². The topological polar surface area (TPSA) is 70.5 Å². The van der Waals surface area contributed by atoms with Gasteiger partial charge in [0.05, 0.1) is 0 Å². The number of aromatic amines is 2. The van der Waals surface area contributed by atoms with Gasteiger partial charge in [0.25, 0.3) is 0 Å². The zero-order valence-corrected chi connectivity index (χ0v) is 7.86. The molecule has 1 aliphatic rings. The lowest BCUT2D eigenvalue weighted by Gasteiger charge is -2.19. The van der Waals surface area contributed by atoms with Crippen molar-refractivity contribution in [3.05, 3.63) is 18.2 Å². The molecule has 0 aliphatic carbocycles. The average Bonchev–Trinajstić information content (AvgIpc) is 2.76. The Kier molecular flexibility index (Phi) is 2.49. The van der Waals surface area contributed by atoms with E-state index in [-0.39, 0.29) is 5.91 Å². The number of rotatable bonds is 3. The van der Waals surface area contributed by atoms with Crippen LogP contribution in [0, 0.1) is 0 Å². The minimum Gasteiger partial charge on any atom is -0.374 e. The molecule has 1 aliphatic heterocycles. The van der Waals surface area contributed by atoms with Crippen molar-refractivity contribution in [3.8, 4) is 0 Å². The summed E-state index contributed by atoms with van der Waals surface area (Å²) in [7, 11) is 0. The predicted octanol–water partition coefficient (Wildman–Crippen LogP) is -0.688. The van der Waals surface area contributed by atoms with Crippen molar-refractivity contribution in [2.75, 3.05) is 6.54 Å². The molecule has 0 spiro atoms. The highest BCUT2D eigenvalue weighted by atomic mass is 16.3. The van der Waals surface area contributed by atoms with Crippen LogP contribution in [0.5, 0.6) is 0 Å². The van der Waals surface area contributed by atoms with Gasteiger partial charge in [-0.25, -0.2) is 4.98 Å². The third kappa shape index (κ3) is 1.77. The number of carbonyl (C=O) groups is 1. The summed E-state index contributed by atoms with van der Waals surface area (Å²) in [5.41, 5.74) is 1.04. The van der Waals surface area contributed by atoms with E-state index < -0.39 is 6.23 Å². The van der Waals surface area contributed by atoms with E-state index in [0.717, 1.165) is 12.1 Å². The zero-order chi connectivity index (χ0) is 9.97. The van der Waals surface area contributed by atoms with E-state index >= 15 is 0 Å². The van der Waals surface area contributed by atoms with Crippen molar-refractivity contribution in [2.45, 2.75) is 25.5 Å². The van der Waals surface area contributed by atoms with Crippen molar-refractivity contribution in [1.82, 2.24) is 9.88 Å². The standard InChI is InChI=1S/C9H13N3O2/c13-8-1-2-9(14)12(8)4-3-7-5-10-6-11-7/h5-6,8,13H,1-4H2,(H,10,11)/p+1/t8-/m0/s1. The van der Waals surface area contributed by atoms with E-state index in [9.17, 15) is 9.90 Å². The van der Waals surface area contributed by atoms with Gasteiger partial charge in [-0.15, -0.1) is 0 Å². The number of aliphatic hydroxyl groups excluding tert-OH is 1. The van der Waals surface area contributed by atoms with Crippen LogP contribution in [0.3, 0.4) is 0 Å². The number of amides is 1. The van der Waals surface area contributed by atoms with Gasteiger partial charge in [-0.05, 0) is 0 Å². The van der Waals surface area contributed by atoms with Crippen LogP contribution < -0.4 is 4.98 Å². The minimum atomic E-state index is -0.582. The Balaban J connectivity index is 1.88. The Morgan fingerprint density at radius 1 is 1.71 bits per heavy atom. The maximum Gasteiger partial charge on any atom is 0.239 e. The van der Waals surface area contributed by atoms with Crippen molar-refractivity contribution in [2.24, 2.45) is 0 Å². The van der Waals surface area contributed by atoms with Gasteiger partial charge in [-0.3, -0.25) is 9.78 Å². The second-order valence-electron chi connectivity index (χ2n) is 3.48. The Morgan fingerprint density at radius 3 is 3.14 bits per heavy atom. The summed E-state index contributed by atoms with van der Waals surface area (Å²) in [6.07, 6.45) is 4.78. The van der Waals surface area contributed by atoms with Gasteiger partial charge < -0.3 is 10.0 Å². The predicted molar refractivity (Wildman–Crippen MR) is 48.0 cm³/mol. The Morgan fingerprint density at radius 2 is 2.57 bits per heavy atom. The van der Waals surface area contributed by atoms with Crippen LogP contribution in [-0.4, -0.2) is 33.7 Å². The number of imidazole rings is 1. The summed E-state index contributed by atoms with van der Waals surface area (Å²) in [6.45, 7) is 0.578. The summed E-state index contributed by atoms with van der Waals surface area (Å²) in [6, 6.07) is 0. The first-order valence-electron chi connectivity index (χ1n) is 4.78. The van der Waals surface area contributed by atoms with Gasteiger partial charge in [-0.2, -0.15) is 0 Å². The molecule has 5 heteroatoms. The van der Waals surface area contributed by atoms with Crippen molar-refractivity contribution < 1.29 is 14.9 Å². The van der Waals surface area contributed by atoms with Gasteiger partial charge >= 0.3 is 0 Å². The quantitative estimate of drug-likeness (QED) is 0.672. The number of nitrogens with zero attached hydrogens (tertiary/aromatic N) is 1. The summed E-state index contributed by atoms with van der Waals surface area (Å²) >= 11 is 0. The lowest BCUT2D eigenvalue weighted by molar-refractivity contribution is -0.376. The molecule has 0 bridgehead atoms. The lowest BCUT2D eigenvalue weighted by atomic mass is 10.3. The first-order chi connectivity index (χ1) is 6.77. The number of carbonyl (C=O) groups excluding carboxylic acids is 1. The molecule has 1 aromatic heterocycles. The maximum atomic E-state index is 11.3. The van der Waals surface area contributed by atoms with Crippen LogP contribution >= 0.6 is 0 Å². The lowest BCUT2D eigenvalue weighted by Crippen LogP contribution is -2.34. The minimum absolute atomic E-state index is 0.0491. The van der Waals surface area contributed by atoms with Gasteiger partial charge in [0.15, 0.2) is 0 Å². The summed E-state index contributed by atoms with van der Waals surface area (Å²) in [5.74, 6) is 0.0491. The van der Waals surface area contributed by atoms with E-state index in [1.807, 2.05) is 6.20 Å². The molecule has 76 valence electrons. The first kappa shape index (κ1) is 9.21. The highest BCUT2D eigenvalue weighted by molar-refractivity contribution is 5.78. The molecule has 1 atom stereocenters. The number of H-pyrrole nitrogens is 2. The number of aromatic nitrogens is 2. The molecule has 1 saturated heterocycles. The monoisotopic (exact) mass is 196 g/mol. The Hall–Kier alpha value is -1.36. The molecule has 2 heterocycles. The first-order valence-corrected chi connectivity index (χ1v) is 4.78. The normalized spacial score (nSPS) is 21.9. The fourth-order valence-corrected chi connectivity index (χ4v) is 1.70. The van der Waals surface area contributed by atoms with Gasteiger partial charge in [0.1, 0.15) is 18.1 Å². The second-order valence-corrected chi connectivity index (χ2v) is 3.48. The van der Waals surface area contributed by atoms with E-state index in [1.165, 1.54) is 4.90 Å². The summed E-state index contributed by atoms with van der Waals surface area (Å²) in [4.78, 5) is 18.7. The molecule has 0 saturated carbocycles. The molecule has 1 amide bonds. The van der Waals surface area contributed by atoms with E-state index in [1.54, 1.807) is 6.33 Å². The number of aliphatic hydroxyl groups is 1. The third-order valence-corrected chi connectivity index (χ3v) is 2.52. The third-order valence-electron chi connectivity index (χ3n) is 2.52. The van der Waals surface area contributed by atoms with Crippen LogP contribution in [0.1, 0.15) is 18.5 Å². The molecule has 3 N–H and O–H groups in total. The molecule has 5 nitrogen and oxygen atoms in total. The molecule has 14 heavy (non-hydrogen) atoms. The van der Waals surface area contributed by atoms with Crippen molar-refractivity contribution >= 4 is 5.91 Å². The Bertz CT molecular complexity index is 310. The summed E-state index contributed by atoms with van der Waals surface area (Å²) < 4.78 is 0. The molecular weight excluding hydrogens is 182 g/mol. The van der Waals surface area contributed by atoms with Gasteiger partial charge in [-0.1, -0.05) is 0 Å². The average molecular weight is 196 g/mol. The van der Waals surface area contributed by atoms with Gasteiger partial charge in [0.2, 0.25) is 12.2 Å². The number of hydrogen-bond donors (Lipinski definition) is 2. The fourth-order valence-electron chi connectivity index (χ4n) is 1.70. The number of hydrogen-bond acceptors (Lipinski definition) is 2. The van der Waals surface area contributed by atoms with E-state index in [4.69, 9.17) is 0 Å². The van der Waals surface area contributed by atoms with Gasteiger partial charge in [0, 0.05) is 25.8 Å². The molecule has 0 unspecified atom stereocenters. The van der Waals surface area contributed by atoms with Crippen molar-refractivity contribution in [3.63, 3.8) is 0 Å². The number of nitrogens with one attached hydrogen (secondary N) is 2. The fraction of sp³-hybridized carbons (Fsp3) is 0.556. The summed E-state index contributed by atoms with van der Waals surface area (Å²) in [5, 5.41) is 9.48. The second kappa shape index (κ2) is 3.79. The number of likely N-dealkylation sites (tertiary alicyclic amines) is 1. The highest BCUT2D eigenvalue weighted by Crippen LogP contribution is 2.16. The molecule has 0 aromatic carbocycles. The van der Waals surface area contributed by atoms with Crippen LogP contribution in [0.15, 0.2) is 12.5 Å². The van der Waals surface area contributed by atoms with Crippen LogP contribution in [-0.2, 0) is 11.2 Å². The van der Waals surface area contributed by atoms with Crippen LogP contribution in [0.4, 0.5) is 0 Å². The van der Waals surface area contributed by atoms with Crippen molar-refractivity contribution in [1.29, 1.82) is 0 Å². The zero-order valence-electron chi connectivity index (χ0n) is 7.86. The van der Waals surface area contributed by atoms with Crippen LogP contribution in [0.2, 0.25) is 0 Å². The SMILES string of the molecule is O=C1CC[C@H](O)N1CCc1c[nH+]c[nH]1. The maximum absolute atomic E-state index is 11.3. The molecule has 0 radical (unpaired) electrons.